The molecular weight excluding hydrogens is 404 g/mol. The van der Waals surface area contributed by atoms with Gasteiger partial charge >= 0.3 is 0 Å². The minimum atomic E-state index is -3.67. The van der Waals surface area contributed by atoms with Gasteiger partial charge in [0, 0.05) is 18.7 Å². The Hall–Kier alpha value is -2.42. The lowest BCUT2D eigenvalue weighted by Gasteiger charge is -2.26. The zero-order valence-electron chi connectivity index (χ0n) is 17.6. The molecule has 1 saturated heterocycles. The van der Waals surface area contributed by atoms with E-state index >= 15 is 0 Å². The molecule has 0 aromatic heterocycles. The molecule has 0 radical (unpaired) electrons. The van der Waals surface area contributed by atoms with Crippen LogP contribution in [0.15, 0.2) is 47.4 Å². The minimum absolute atomic E-state index is 0.115. The lowest BCUT2D eigenvalue weighted by Crippen LogP contribution is -2.41. The van der Waals surface area contributed by atoms with Crippen molar-refractivity contribution in [2.45, 2.75) is 31.7 Å². The van der Waals surface area contributed by atoms with E-state index < -0.39 is 10.0 Å². The number of hydrogen-bond acceptors (Lipinski definition) is 5. The van der Waals surface area contributed by atoms with Gasteiger partial charge in [0.05, 0.1) is 24.2 Å². The number of rotatable bonds is 7. The Kier molecular flexibility index (Phi) is 7.12. The largest absolute Gasteiger partial charge is 0.491 e. The smallest absolute Gasteiger partial charge is 0.251 e. The standard InChI is InChI=1S/C22H28N2O5S/c1-16-8-9-19(30(26,27)24-10-12-28-13-11-24)14-20(16)22(25)23-18(3)15-29-21-7-5-4-6-17(21)2/h4-9,14,18H,10-13,15H2,1-3H3,(H,23,25)/t18-/m0/s1. The van der Waals surface area contributed by atoms with Crippen LogP contribution in [-0.4, -0.2) is 57.6 Å². The summed E-state index contributed by atoms with van der Waals surface area (Å²) in [5.41, 5.74) is 2.07. The molecule has 8 heteroatoms. The summed E-state index contributed by atoms with van der Waals surface area (Å²) in [6.45, 7) is 7.27. The Morgan fingerprint density at radius 3 is 2.53 bits per heavy atom. The van der Waals surface area contributed by atoms with E-state index in [1.54, 1.807) is 19.1 Å². The van der Waals surface area contributed by atoms with Crippen molar-refractivity contribution in [3.63, 3.8) is 0 Å². The van der Waals surface area contributed by atoms with Gasteiger partial charge in [0.15, 0.2) is 0 Å². The van der Waals surface area contributed by atoms with E-state index in [1.165, 1.54) is 10.4 Å². The molecule has 1 aliphatic heterocycles. The van der Waals surface area contributed by atoms with E-state index in [-0.39, 0.29) is 16.8 Å². The number of aryl methyl sites for hydroxylation is 2. The molecule has 0 unspecified atom stereocenters. The summed E-state index contributed by atoms with van der Waals surface area (Å²) in [6.07, 6.45) is 0. The fourth-order valence-electron chi connectivity index (χ4n) is 3.22. The van der Waals surface area contributed by atoms with Crippen molar-refractivity contribution in [2.75, 3.05) is 32.9 Å². The molecule has 1 heterocycles. The maximum Gasteiger partial charge on any atom is 0.251 e. The third-order valence-electron chi connectivity index (χ3n) is 5.02. The third-order valence-corrected chi connectivity index (χ3v) is 6.92. The molecule has 162 valence electrons. The number of amides is 1. The zero-order chi connectivity index (χ0) is 21.7. The highest BCUT2D eigenvalue weighted by atomic mass is 32.2. The Bertz CT molecular complexity index is 1000. The molecule has 0 saturated carbocycles. The average molecular weight is 433 g/mol. The van der Waals surface area contributed by atoms with Crippen molar-refractivity contribution in [1.29, 1.82) is 0 Å². The highest BCUT2D eigenvalue weighted by Gasteiger charge is 2.27. The van der Waals surface area contributed by atoms with Crippen molar-refractivity contribution >= 4 is 15.9 Å². The van der Waals surface area contributed by atoms with Gasteiger partial charge in [0.2, 0.25) is 10.0 Å². The molecule has 2 aromatic carbocycles. The first-order chi connectivity index (χ1) is 14.3. The molecule has 1 amide bonds. The molecule has 0 bridgehead atoms. The number of para-hydroxylation sites is 1. The summed E-state index contributed by atoms with van der Waals surface area (Å²) in [5, 5.41) is 2.89. The molecule has 1 aliphatic rings. The number of benzene rings is 2. The number of carbonyl (C=O) groups is 1. The predicted octanol–water partition coefficient (Wildman–Crippen LogP) is 2.52. The fraction of sp³-hybridized carbons (Fsp3) is 0.409. The van der Waals surface area contributed by atoms with Crippen molar-refractivity contribution in [3.8, 4) is 5.75 Å². The summed E-state index contributed by atoms with van der Waals surface area (Å²) < 4.78 is 38.2. The van der Waals surface area contributed by atoms with Crippen molar-refractivity contribution in [1.82, 2.24) is 9.62 Å². The van der Waals surface area contributed by atoms with Crippen LogP contribution < -0.4 is 10.1 Å². The number of sulfonamides is 1. The van der Waals surface area contributed by atoms with Crippen LogP contribution in [0.5, 0.6) is 5.75 Å². The summed E-state index contributed by atoms with van der Waals surface area (Å²) >= 11 is 0. The molecule has 0 spiro atoms. The fourth-order valence-corrected chi connectivity index (χ4v) is 4.65. The molecule has 1 atom stereocenters. The van der Waals surface area contributed by atoms with Gasteiger partial charge in [-0.1, -0.05) is 24.3 Å². The van der Waals surface area contributed by atoms with Crippen LogP contribution in [0.25, 0.3) is 0 Å². The van der Waals surface area contributed by atoms with Gasteiger partial charge in [0.25, 0.3) is 5.91 Å². The van der Waals surface area contributed by atoms with Gasteiger partial charge < -0.3 is 14.8 Å². The first-order valence-electron chi connectivity index (χ1n) is 9.97. The van der Waals surface area contributed by atoms with Crippen LogP contribution in [0.1, 0.15) is 28.4 Å². The number of carbonyl (C=O) groups excluding carboxylic acids is 1. The van der Waals surface area contributed by atoms with Gasteiger partial charge in [-0.25, -0.2) is 8.42 Å². The van der Waals surface area contributed by atoms with Gasteiger partial charge in [-0.3, -0.25) is 4.79 Å². The lowest BCUT2D eigenvalue weighted by atomic mass is 10.1. The minimum Gasteiger partial charge on any atom is -0.491 e. The molecule has 30 heavy (non-hydrogen) atoms. The van der Waals surface area contributed by atoms with Crippen LogP contribution in [0.3, 0.4) is 0 Å². The summed E-state index contributed by atoms with van der Waals surface area (Å²) in [4.78, 5) is 12.9. The Morgan fingerprint density at radius 2 is 1.83 bits per heavy atom. The number of nitrogens with zero attached hydrogens (tertiary/aromatic N) is 1. The molecule has 3 rings (SSSR count). The Labute approximate surface area is 178 Å². The number of nitrogens with one attached hydrogen (secondary N) is 1. The first-order valence-corrected chi connectivity index (χ1v) is 11.4. The first kappa shape index (κ1) is 22.3. The highest BCUT2D eigenvalue weighted by molar-refractivity contribution is 7.89. The van der Waals surface area contributed by atoms with E-state index in [9.17, 15) is 13.2 Å². The maximum atomic E-state index is 12.9. The molecule has 0 aliphatic carbocycles. The summed E-state index contributed by atoms with van der Waals surface area (Å²) in [5.74, 6) is 0.445. The second kappa shape index (κ2) is 9.59. The number of hydrogen-bond donors (Lipinski definition) is 1. The number of morpholine rings is 1. The van der Waals surface area contributed by atoms with Crippen molar-refractivity contribution < 1.29 is 22.7 Å². The Morgan fingerprint density at radius 1 is 1.13 bits per heavy atom. The second-order valence-corrected chi connectivity index (χ2v) is 9.38. The van der Waals surface area contributed by atoms with Crippen molar-refractivity contribution in [3.05, 3.63) is 59.2 Å². The maximum absolute atomic E-state index is 12.9. The summed E-state index contributed by atoms with van der Waals surface area (Å²) in [7, 11) is -3.67. The average Bonchev–Trinajstić information content (AvgIpc) is 2.74. The van der Waals surface area contributed by atoms with Crippen LogP contribution in [0.4, 0.5) is 0 Å². The van der Waals surface area contributed by atoms with Gasteiger partial charge in [-0.15, -0.1) is 0 Å². The SMILES string of the molecule is Cc1ccccc1OC[C@H](C)NC(=O)c1cc(S(=O)(=O)N2CCOCC2)ccc1C. The quantitative estimate of drug-likeness (QED) is 0.727. The summed E-state index contributed by atoms with van der Waals surface area (Å²) in [6, 6.07) is 12.1. The Balaban J connectivity index is 1.69. The highest BCUT2D eigenvalue weighted by Crippen LogP contribution is 2.21. The van der Waals surface area contributed by atoms with Gasteiger partial charge in [0.1, 0.15) is 12.4 Å². The van der Waals surface area contributed by atoms with E-state index in [2.05, 4.69) is 5.32 Å². The van der Waals surface area contributed by atoms with E-state index in [1.807, 2.05) is 38.1 Å². The van der Waals surface area contributed by atoms with E-state index in [0.717, 1.165) is 11.3 Å². The van der Waals surface area contributed by atoms with E-state index in [0.29, 0.717) is 44.0 Å². The molecule has 1 N–H and O–H groups in total. The van der Waals surface area contributed by atoms with Gasteiger partial charge in [-0.2, -0.15) is 4.31 Å². The molecular formula is C22H28N2O5S. The van der Waals surface area contributed by atoms with Crippen molar-refractivity contribution in [2.24, 2.45) is 0 Å². The van der Waals surface area contributed by atoms with E-state index in [4.69, 9.17) is 9.47 Å². The van der Waals surface area contributed by atoms with Crippen LogP contribution in [0, 0.1) is 13.8 Å². The van der Waals surface area contributed by atoms with Crippen LogP contribution in [-0.2, 0) is 14.8 Å². The van der Waals surface area contributed by atoms with Crippen LogP contribution in [0.2, 0.25) is 0 Å². The van der Waals surface area contributed by atoms with Gasteiger partial charge in [-0.05, 0) is 50.1 Å². The molecule has 7 nitrogen and oxygen atoms in total. The zero-order valence-corrected chi connectivity index (χ0v) is 18.4. The topological polar surface area (TPSA) is 84.9 Å². The molecule has 2 aromatic rings. The second-order valence-electron chi connectivity index (χ2n) is 7.44. The third kappa shape index (κ3) is 5.19. The molecule has 1 fully saturated rings. The van der Waals surface area contributed by atoms with Crippen LogP contribution >= 0.6 is 0 Å². The predicted molar refractivity (Wildman–Crippen MR) is 114 cm³/mol. The lowest BCUT2D eigenvalue weighted by molar-refractivity contribution is 0.0730. The number of ether oxygens (including phenoxy) is 2. The normalized spacial score (nSPS) is 16.1. The monoisotopic (exact) mass is 432 g/mol.